The van der Waals surface area contributed by atoms with Gasteiger partial charge in [-0.1, -0.05) is 30.9 Å². The number of rotatable bonds is 6. The van der Waals surface area contributed by atoms with Crippen LogP contribution < -0.4 is 5.32 Å². The Morgan fingerprint density at radius 3 is 2.38 bits per heavy atom. The van der Waals surface area contributed by atoms with E-state index in [1.165, 1.54) is 7.11 Å². The lowest BCUT2D eigenvalue weighted by Crippen LogP contribution is -2.34. The van der Waals surface area contributed by atoms with E-state index in [1.54, 1.807) is 54.0 Å². The summed E-state index contributed by atoms with van der Waals surface area (Å²) in [6.07, 6.45) is 4.62. The lowest BCUT2D eigenvalue weighted by atomic mass is 9.83. The third-order valence-electron chi connectivity index (χ3n) is 7.38. The molecule has 0 bridgehead atoms. The molecule has 1 aliphatic rings. The molecule has 1 aliphatic carbocycles. The largest absolute Gasteiger partial charge is 0.465 e. The Kier molecular flexibility index (Phi) is 7.66. The molecule has 39 heavy (non-hydrogen) atoms. The van der Waals surface area contributed by atoms with Crippen LogP contribution in [0.5, 0.6) is 0 Å². The van der Waals surface area contributed by atoms with Crippen LogP contribution in [0, 0.1) is 24.5 Å². The third kappa shape index (κ3) is 5.39. The number of ether oxygens (including phenoxy) is 1. The van der Waals surface area contributed by atoms with E-state index < -0.39 is 23.6 Å². The molecule has 9 heteroatoms. The van der Waals surface area contributed by atoms with Crippen molar-refractivity contribution in [3.63, 3.8) is 0 Å². The summed E-state index contributed by atoms with van der Waals surface area (Å²) in [7, 11) is 1.31. The second-order valence-electron chi connectivity index (χ2n) is 9.92. The van der Waals surface area contributed by atoms with Crippen molar-refractivity contribution in [3.05, 3.63) is 82.4 Å². The van der Waals surface area contributed by atoms with E-state index in [1.807, 2.05) is 0 Å². The Bertz CT molecular complexity index is 1550. The van der Waals surface area contributed by atoms with Gasteiger partial charge in [-0.2, -0.15) is 0 Å². The number of esters is 1. The number of nitrogens with zero attached hydrogens (tertiary/aromatic N) is 2. The normalized spacial score (nSPS) is 14.8. The molecule has 0 saturated heterocycles. The average molecular weight is 552 g/mol. The zero-order valence-electron chi connectivity index (χ0n) is 21.6. The number of carbonyl (C=O) groups is 2. The number of hydrogen-bond donors (Lipinski definition) is 1. The van der Waals surface area contributed by atoms with Gasteiger partial charge in [-0.05, 0) is 73.7 Å². The minimum absolute atomic E-state index is 0.0510. The van der Waals surface area contributed by atoms with Crippen LogP contribution in [0.1, 0.15) is 54.1 Å². The van der Waals surface area contributed by atoms with E-state index in [-0.39, 0.29) is 17.3 Å². The molecule has 1 amide bonds. The van der Waals surface area contributed by atoms with Crippen LogP contribution in [0.25, 0.3) is 22.4 Å². The number of aromatic nitrogens is 2. The van der Waals surface area contributed by atoms with Gasteiger partial charge in [-0.3, -0.25) is 4.79 Å². The highest BCUT2D eigenvalue weighted by atomic mass is 35.5. The van der Waals surface area contributed by atoms with Crippen molar-refractivity contribution >= 4 is 40.2 Å². The monoisotopic (exact) mass is 551 g/mol. The summed E-state index contributed by atoms with van der Waals surface area (Å²) in [5.74, 6) is -2.41. The fourth-order valence-corrected chi connectivity index (χ4v) is 5.55. The zero-order chi connectivity index (χ0) is 27.7. The molecule has 202 valence electrons. The Morgan fingerprint density at radius 2 is 1.72 bits per heavy atom. The number of fused-ring (bicyclic) bond motifs is 1. The minimum Gasteiger partial charge on any atom is -0.465 e. The summed E-state index contributed by atoms with van der Waals surface area (Å²) >= 11 is 6.12. The molecule has 1 N–H and O–H groups in total. The fraction of sp³-hybridized carbons (Fsp3) is 0.300. The van der Waals surface area contributed by atoms with Gasteiger partial charge in [0.25, 0.3) is 0 Å². The number of carbonyl (C=O) groups excluding carboxylic acids is 2. The minimum atomic E-state index is -1.01. The predicted octanol–water partition coefficient (Wildman–Crippen LogP) is 7.49. The summed E-state index contributed by atoms with van der Waals surface area (Å²) in [4.78, 5) is 30.7. The van der Waals surface area contributed by atoms with Crippen molar-refractivity contribution in [2.24, 2.45) is 5.92 Å². The number of aryl methyl sites for hydroxylation is 1. The molecule has 1 unspecified atom stereocenters. The maximum atomic E-state index is 14.6. The number of hydrogen-bond acceptors (Lipinski definition) is 4. The topological polar surface area (TPSA) is 73.2 Å². The molecule has 1 saturated carbocycles. The van der Waals surface area contributed by atoms with E-state index in [9.17, 15) is 18.4 Å². The number of halogens is 3. The molecule has 1 aromatic heterocycles. The van der Waals surface area contributed by atoms with Crippen LogP contribution in [-0.2, 0) is 9.53 Å². The maximum Gasteiger partial charge on any atom is 0.337 e. The highest BCUT2D eigenvalue weighted by Crippen LogP contribution is 2.39. The smallest absolute Gasteiger partial charge is 0.337 e. The molecular weight excluding hydrogens is 524 g/mol. The van der Waals surface area contributed by atoms with Crippen LogP contribution in [0.4, 0.5) is 14.5 Å². The number of anilines is 1. The van der Waals surface area contributed by atoms with E-state index in [2.05, 4.69) is 10.3 Å². The van der Waals surface area contributed by atoms with E-state index >= 15 is 0 Å². The molecule has 0 spiro atoms. The van der Waals surface area contributed by atoms with Gasteiger partial charge in [0.1, 0.15) is 11.9 Å². The summed E-state index contributed by atoms with van der Waals surface area (Å²) in [6, 6.07) is 13.3. The predicted molar refractivity (Wildman–Crippen MR) is 147 cm³/mol. The van der Waals surface area contributed by atoms with Crippen LogP contribution >= 0.6 is 11.6 Å². The van der Waals surface area contributed by atoms with E-state index in [4.69, 9.17) is 16.3 Å². The molecule has 4 aromatic rings. The van der Waals surface area contributed by atoms with Gasteiger partial charge in [0, 0.05) is 28.4 Å². The summed E-state index contributed by atoms with van der Waals surface area (Å²) in [5.41, 5.74) is 2.87. The van der Waals surface area contributed by atoms with Gasteiger partial charge in [-0.25, -0.2) is 18.6 Å². The molecule has 5 rings (SSSR count). The van der Waals surface area contributed by atoms with E-state index in [0.717, 1.165) is 44.2 Å². The number of benzene rings is 3. The van der Waals surface area contributed by atoms with Gasteiger partial charge in [0.15, 0.2) is 11.6 Å². The van der Waals surface area contributed by atoms with Gasteiger partial charge < -0.3 is 14.6 Å². The van der Waals surface area contributed by atoms with Crippen LogP contribution in [0.3, 0.4) is 0 Å². The Balaban J connectivity index is 1.65. The Labute approximate surface area is 229 Å². The lowest BCUT2D eigenvalue weighted by Gasteiger charge is -2.32. The van der Waals surface area contributed by atoms with Gasteiger partial charge in [-0.15, -0.1) is 0 Å². The fourth-order valence-electron chi connectivity index (χ4n) is 5.42. The first-order chi connectivity index (χ1) is 18.8. The molecule has 1 heterocycles. The number of methoxy groups -OCH3 is 1. The highest BCUT2D eigenvalue weighted by Gasteiger charge is 2.35. The molecule has 1 atom stereocenters. The first-order valence-corrected chi connectivity index (χ1v) is 13.3. The van der Waals surface area contributed by atoms with Crippen LogP contribution in [0.15, 0.2) is 54.6 Å². The second-order valence-corrected chi connectivity index (χ2v) is 10.4. The Morgan fingerprint density at radius 1 is 1.03 bits per heavy atom. The number of amides is 1. The summed E-state index contributed by atoms with van der Waals surface area (Å²) in [5, 5.41) is 3.56. The SMILES string of the molecule is COC(=O)c1ccc(NC(=O)C(C2CCCCC2)n2c(-c3ccc(Cl)cc3)nc3cc(F)c(F)cc32)c(C)c1. The molecule has 1 fully saturated rings. The molecule has 0 aliphatic heterocycles. The van der Waals surface area contributed by atoms with Gasteiger partial charge in [0.2, 0.25) is 5.91 Å². The van der Waals surface area contributed by atoms with Gasteiger partial charge in [0.05, 0.1) is 23.7 Å². The molecule has 0 radical (unpaired) electrons. The van der Waals surface area contributed by atoms with Crippen LogP contribution in [0.2, 0.25) is 5.02 Å². The summed E-state index contributed by atoms with van der Waals surface area (Å²) in [6.45, 7) is 1.79. The quantitative estimate of drug-likeness (QED) is 0.252. The van der Waals surface area contributed by atoms with Crippen molar-refractivity contribution in [1.29, 1.82) is 0 Å². The van der Waals surface area contributed by atoms with Crippen LogP contribution in [-0.4, -0.2) is 28.5 Å². The third-order valence-corrected chi connectivity index (χ3v) is 7.63. The number of imidazole rings is 1. The zero-order valence-corrected chi connectivity index (χ0v) is 22.4. The second kappa shape index (κ2) is 11.1. The highest BCUT2D eigenvalue weighted by molar-refractivity contribution is 6.30. The molecule has 6 nitrogen and oxygen atoms in total. The van der Waals surface area contributed by atoms with E-state index in [0.29, 0.717) is 38.7 Å². The molecular formula is C30H28ClF2N3O3. The lowest BCUT2D eigenvalue weighted by molar-refractivity contribution is -0.121. The first kappa shape index (κ1) is 26.8. The molecule has 3 aromatic carbocycles. The van der Waals surface area contributed by atoms with Crippen molar-refractivity contribution in [3.8, 4) is 11.4 Å². The van der Waals surface area contributed by atoms with Gasteiger partial charge >= 0.3 is 5.97 Å². The summed E-state index contributed by atoms with van der Waals surface area (Å²) < 4.78 is 35.4. The standard InChI is InChI=1S/C30H28ClF2N3O3/c1-17-14-20(30(38)39-2)10-13-24(17)35-29(37)27(18-6-4-3-5-7-18)36-26-16-23(33)22(32)15-25(26)34-28(36)19-8-11-21(31)12-9-19/h8-16,18,27H,3-7H2,1-2H3,(H,35,37). The number of nitrogens with one attached hydrogen (secondary N) is 1. The van der Waals surface area contributed by atoms with Crippen molar-refractivity contribution in [1.82, 2.24) is 9.55 Å². The first-order valence-electron chi connectivity index (χ1n) is 12.9. The maximum absolute atomic E-state index is 14.6. The Hall–Kier alpha value is -3.78. The van der Waals surface area contributed by atoms with Crippen molar-refractivity contribution in [2.75, 3.05) is 12.4 Å². The van der Waals surface area contributed by atoms with Crippen molar-refractivity contribution < 1.29 is 23.1 Å². The van der Waals surface area contributed by atoms with Crippen molar-refractivity contribution in [2.45, 2.75) is 45.1 Å². The average Bonchev–Trinajstić information content (AvgIpc) is 3.28.